The molecule has 1 atom stereocenters. The van der Waals surface area contributed by atoms with Crippen molar-refractivity contribution < 1.29 is 19.0 Å². The lowest BCUT2D eigenvalue weighted by Gasteiger charge is -2.28. The molecule has 5 heteroatoms. The molecule has 0 saturated carbocycles. The lowest BCUT2D eigenvalue weighted by molar-refractivity contribution is -0.128. The Kier molecular flexibility index (Phi) is 4.97. The minimum Gasteiger partial charge on any atom is -0.498 e. The molecule has 0 bridgehead atoms. The van der Waals surface area contributed by atoms with Crippen LogP contribution in [0.3, 0.4) is 0 Å². The minimum absolute atomic E-state index is 0.0829. The summed E-state index contributed by atoms with van der Waals surface area (Å²) in [5.74, 6) is 2.30. The van der Waals surface area contributed by atoms with Crippen LogP contribution in [0.25, 0.3) is 0 Å². The molecule has 3 rings (SSSR count). The van der Waals surface area contributed by atoms with Crippen molar-refractivity contribution in [2.24, 2.45) is 0 Å². The van der Waals surface area contributed by atoms with E-state index in [1.165, 1.54) is 0 Å². The standard InChI is InChI=1S/C19H25NO4/c1-13-15(6-5-11-24-13)19(21)20-10-4-7-16(20)14-8-9-17(22-2)18(12-14)23-3/h8-9,12,16H,4-7,10-11H2,1-3H3. The summed E-state index contributed by atoms with van der Waals surface area (Å²) in [5, 5.41) is 0. The van der Waals surface area contributed by atoms with Gasteiger partial charge in [0.2, 0.25) is 0 Å². The van der Waals surface area contributed by atoms with Crippen molar-refractivity contribution >= 4 is 5.91 Å². The zero-order valence-electron chi connectivity index (χ0n) is 14.6. The number of carbonyl (C=O) groups is 1. The molecule has 2 aliphatic rings. The molecule has 1 aromatic carbocycles. The fourth-order valence-electron chi connectivity index (χ4n) is 3.58. The molecule has 2 aliphatic heterocycles. The average Bonchev–Trinajstić information content (AvgIpc) is 3.10. The molecule has 0 spiro atoms. The lowest BCUT2D eigenvalue weighted by atomic mass is 10.0. The quantitative estimate of drug-likeness (QED) is 0.848. The smallest absolute Gasteiger partial charge is 0.253 e. The van der Waals surface area contributed by atoms with Crippen molar-refractivity contribution in [1.82, 2.24) is 4.90 Å². The number of methoxy groups -OCH3 is 2. The van der Waals surface area contributed by atoms with E-state index >= 15 is 0 Å². The Hall–Kier alpha value is -2.17. The summed E-state index contributed by atoms with van der Waals surface area (Å²) < 4.78 is 16.3. The Morgan fingerprint density at radius 1 is 1.21 bits per heavy atom. The van der Waals surface area contributed by atoms with E-state index in [0.29, 0.717) is 18.1 Å². The molecule has 0 N–H and O–H groups in total. The van der Waals surface area contributed by atoms with Crippen molar-refractivity contribution in [2.45, 2.75) is 38.6 Å². The number of hydrogen-bond acceptors (Lipinski definition) is 4. The molecule has 24 heavy (non-hydrogen) atoms. The lowest BCUT2D eigenvalue weighted by Crippen LogP contribution is -2.33. The maximum atomic E-state index is 13.0. The SMILES string of the molecule is COc1ccc(C2CCCN2C(=O)C2=C(C)OCCC2)cc1OC. The Labute approximate surface area is 143 Å². The van der Waals surface area contributed by atoms with Crippen LogP contribution in [0.2, 0.25) is 0 Å². The zero-order valence-corrected chi connectivity index (χ0v) is 14.6. The summed E-state index contributed by atoms with van der Waals surface area (Å²) in [6, 6.07) is 5.99. The summed E-state index contributed by atoms with van der Waals surface area (Å²) in [6.45, 7) is 3.39. The third kappa shape index (κ3) is 3.07. The Morgan fingerprint density at radius 3 is 2.71 bits per heavy atom. The van der Waals surface area contributed by atoms with Gasteiger partial charge in [0.05, 0.1) is 32.4 Å². The van der Waals surface area contributed by atoms with Crippen LogP contribution in [0.15, 0.2) is 29.5 Å². The van der Waals surface area contributed by atoms with Crippen molar-refractivity contribution in [2.75, 3.05) is 27.4 Å². The van der Waals surface area contributed by atoms with Crippen LogP contribution in [0, 0.1) is 0 Å². The van der Waals surface area contributed by atoms with Crippen molar-refractivity contribution in [1.29, 1.82) is 0 Å². The highest BCUT2D eigenvalue weighted by atomic mass is 16.5. The van der Waals surface area contributed by atoms with Gasteiger partial charge in [-0.3, -0.25) is 4.79 Å². The predicted octanol–water partition coefficient (Wildman–Crippen LogP) is 3.45. The van der Waals surface area contributed by atoms with Crippen LogP contribution in [-0.2, 0) is 9.53 Å². The van der Waals surface area contributed by atoms with E-state index in [9.17, 15) is 4.79 Å². The number of likely N-dealkylation sites (tertiary alicyclic amines) is 1. The molecule has 0 aromatic heterocycles. The Balaban J connectivity index is 1.87. The average molecular weight is 331 g/mol. The molecule has 1 unspecified atom stereocenters. The molecular weight excluding hydrogens is 306 g/mol. The normalized spacial score (nSPS) is 20.8. The molecular formula is C19H25NO4. The molecule has 0 aliphatic carbocycles. The summed E-state index contributed by atoms with van der Waals surface area (Å²) in [7, 11) is 3.26. The number of hydrogen-bond donors (Lipinski definition) is 0. The van der Waals surface area contributed by atoms with Gasteiger partial charge in [-0.15, -0.1) is 0 Å². The fourth-order valence-corrected chi connectivity index (χ4v) is 3.58. The van der Waals surface area contributed by atoms with E-state index in [4.69, 9.17) is 14.2 Å². The van der Waals surface area contributed by atoms with E-state index in [0.717, 1.165) is 49.1 Å². The van der Waals surface area contributed by atoms with E-state index in [2.05, 4.69) is 0 Å². The van der Waals surface area contributed by atoms with Gasteiger partial charge in [-0.25, -0.2) is 0 Å². The van der Waals surface area contributed by atoms with Crippen LogP contribution in [0.5, 0.6) is 11.5 Å². The number of carbonyl (C=O) groups excluding carboxylic acids is 1. The first-order valence-corrected chi connectivity index (χ1v) is 8.51. The van der Waals surface area contributed by atoms with Crippen molar-refractivity contribution in [3.63, 3.8) is 0 Å². The second-order valence-electron chi connectivity index (χ2n) is 6.26. The highest BCUT2D eigenvalue weighted by molar-refractivity contribution is 5.94. The number of amides is 1. The summed E-state index contributed by atoms with van der Waals surface area (Å²) in [4.78, 5) is 15.0. The van der Waals surface area contributed by atoms with E-state index in [1.54, 1.807) is 14.2 Å². The molecule has 5 nitrogen and oxygen atoms in total. The summed E-state index contributed by atoms with van der Waals surface area (Å²) >= 11 is 0. The van der Waals surface area contributed by atoms with Crippen molar-refractivity contribution in [3.8, 4) is 11.5 Å². The molecule has 0 radical (unpaired) electrons. The number of nitrogens with zero attached hydrogens (tertiary/aromatic N) is 1. The van der Waals surface area contributed by atoms with Gasteiger partial charge in [-0.2, -0.15) is 0 Å². The van der Waals surface area contributed by atoms with Gasteiger partial charge in [-0.1, -0.05) is 6.07 Å². The van der Waals surface area contributed by atoms with Gasteiger partial charge >= 0.3 is 0 Å². The summed E-state index contributed by atoms with van der Waals surface area (Å²) in [5.41, 5.74) is 1.92. The molecule has 130 valence electrons. The third-order valence-corrected chi connectivity index (χ3v) is 4.88. The van der Waals surface area contributed by atoms with E-state index in [1.807, 2.05) is 30.0 Å². The third-order valence-electron chi connectivity index (χ3n) is 4.88. The number of rotatable bonds is 4. The first-order chi connectivity index (χ1) is 11.7. The van der Waals surface area contributed by atoms with Gasteiger partial charge in [0.15, 0.2) is 11.5 Å². The van der Waals surface area contributed by atoms with Gasteiger partial charge in [0.25, 0.3) is 5.91 Å². The van der Waals surface area contributed by atoms with Gasteiger partial charge in [0.1, 0.15) is 5.76 Å². The maximum Gasteiger partial charge on any atom is 0.253 e. The largest absolute Gasteiger partial charge is 0.498 e. The molecule has 2 heterocycles. The first-order valence-electron chi connectivity index (χ1n) is 8.51. The molecule has 1 fully saturated rings. The molecule has 1 aromatic rings. The molecule has 1 amide bonds. The topological polar surface area (TPSA) is 48.0 Å². The van der Waals surface area contributed by atoms with Gasteiger partial charge in [-0.05, 0) is 50.3 Å². The van der Waals surface area contributed by atoms with Gasteiger partial charge < -0.3 is 19.1 Å². The predicted molar refractivity (Wildman–Crippen MR) is 91.1 cm³/mol. The fraction of sp³-hybridized carbons (Fsp3) is 0.526. The molecule has 1 saturated heterocycles. The monoisotopic (exact) mass is 331 g/mol. The number of allylic oxidation sites excluding steroid dienone is 1. The van der Waals surface area contributed by atoms with Crippen LogP contribution >= 0.6 is 0 Å². The van der Waals surface area contributed by atoms with Crippen LogP contribution in [0.1, 0.15) is 44.2 Å². The minimum atomic E-state index is 0.0829. The van der Waals surface area contributed by atoms with Gasteiger partial charge in [0, 0.05) is 6.54 Å². The Bertz CT molecular complexity index is 653. The van der Waals surface area contributed by atoms with E-state index < -0.39 is 0 Å². The van der Waals surface area contributed by atoms with Crippen molar-refractivity contribution in [3.05, 3.63) is 35.1 Å². The van der Waals surface area contributed by atoms with Crippen LogP contribution in [-0.4, -0.2) is 38.2 Å². The van der Waals surface area contributed by atoms with E-state index in [-0.39, 0.29) is 11.9 Å². The second kappa shape index (κ2) is 7.16. The number of ether oxygens (including phenoxy) is 3. The Morgan fingerprint density at radius 2 is 2.00 bits per heavy atom. The maximum absolute atomic E-state index is 13.0. The van der Waals surface area contributed by atoms with Crippen LogP contribution in [0.4, 0.5) is 0 Å². The summed E-state index contributed by atoms with van der Waals surface area (Å²) in [6.07, 6.45) is 3.69. The number of benzene rings is 1. The zero-order chi connectivity index (χ0) is 17.1. The highest BCUT2D eigenvalue weighted by Gasteiger charge is 2.33. The highest BCUT2D eigenvalue weighted by Crippen LogP contribution is 2.38. The first kappa shape index (κ1) is 16.7. The second-order valence-corrected chi connectivity index (χ2v) is 6.26. The van der Waals surface area contributed by atoms with Crippen LogP contribution < -0.4 is 9.47 Å².